The van der Waals surface area contributed by atoms with Gasteiger partial charge >= 0.3 is 0 Å². The first-order valence-corrected chi connectivity index (χ1v) is 6.15. The van der Waals surface area contributed by atoms with Crippen molar-refractivity contribution < 1.29 is 4.79 Å². The highest BCUT2D eigenvalue weighted by Gasteiger charge is 2.28. The maximum absolute atomic E-state index is 11.6. The van der Waals surface area contributed by atoms with Crippen LogP contribution >= 0.6 is 11.8 Å². The molecule has 2 N–H and O–H groups in total. The molecule has 1 aliphatic rings. The van der Waals surface area contributed by atoms with Gasteiger partial charge in [0, 0.05) is 11.9 Å². The van der Waals surface area contributed by atoms with E-state index < -0.39 is 0 Å². The molecule has 0 aliphatic carbocycles. The fraction of sp³-hybridized carbons (Fsp3) is 0.273. The number of benzene rings is 1. The van der Waals surface area contributed by atoms with E-state index in [1.807, 2.05) is 30.5 Å². The van der Waals surface area contributed by atoms with E-state index >= 15 is 0 Å². The van der Waals surface area contributed by atoms with Crippen LogP contribution in [0.1, 0.15) is 11.6 Å². The predicted octanol–water partition coefficient (Wildman–Crippen LogP) is 1.15. The van der Waals surface area contributed by atoms with Crippen molar-refractivity contribution in [2.24, 2.45) is 4.99 Å². The number of nitrogens with one attached hydrogen (secondary N) is 2. The van der Waals surface area contributed by atoms with Crippen LogP contribution in [-0.2, 0) is 4.79 Å². The quantitative estimate of drug-likeness (QED) is 0.756. The van der Waals surface area contributed by atoms with Crippen molar-refractivity contribution in [3.63, 3.8) is 0 Å². The molecule has 16 heavy (non-hydrogen) atoms. The third kappa shape index (κ3) is 2.04. The van der Waals surface area contributed by atoms with Gasteiger partial charge in [0.2, 0.25) is 0 Å². The van der Waals surface area contributed by atoms with Crippen molar-refractivity contribution in [3.8, 4) is 0 Å². The summed E-state index contributed by atoms with van der Waals surface area (Å²) in [6.45, 7) is 0. The zero-order valence-corrected chi connectivity index (χ0v) is 9.97. The first-order valence-electron chi connectivity index (χ1n) is 4.92. The molecule has 1 unspecified atom stereocenters. The van der Waals surface area contributed by atoms with Crippen LogP contribution in [0, 0.1) is 0 Å². The standard InChI is InChI=1S/C11H13N3OS/c1-12-11-13-9(10(15)14-11)7-3-5-8(16-2)6-4-7/h3-6,9H,1-2H3,(H2,12,13,14,15). The fourth-order valence-electron chi connectivity index (χ4n) is 1.58. The molecule has 1 atom stereocenters. The van der Waals surface area contributed by atoms with E-state index in [2.05, 4.69) is 15.6 Å². The van der Waals surface area contributed by atoms with Crippen molar-refractivity contribution in [2.45, 2.75) is 10.9 Å². The summed E-state index contributed by atoms with van der Waals surface area (Å²) < 4.78 is 0. The molecule has 84 valence electrons. The lowest BCUT2D eigenvalue weighted by Gasteiger charge is -2.08. The highest BCUT2D eigenvalue weighted by Crippen LogP contribution is 2.20. The fourth-order valence-corrected chi connectivity index (χ4v) is 1.99. The molecule has 1 heterocycles. The summed E-state index contributed by atoms with van der Waals surface area (Å²) in [7, 11) is 1.64. The predicted molar refractivity (Wildman–Crippen MR) is 65.6 cm³/mol. The van der Waals surface area contributed by atoms with E-state index in [0.29, 0.717) is 5.96 Å². The Bertz CT molecular complexity index is 427. The topological polar surface area (TPSA) is 53.5 Å². The molecule has 4 nitrogen and oxygen atoms in total. The second-order valence-electron chi connectivity index (χ2n) is 3.41. The maximum Gasteiger partial charge on any atom is 0.253 e. The zero-order valence-electron chi connectivity index (χ0n) is 9.15. The number of aliphatic imine (C=N–C) groups is 1. The molecule has 0 radical (unpaired) electrons. The number of rotatable bonds is 2. The average molecular weight is 235 g/mol. The molecule has 1 fully saturated rings. The van der Waals surface area contributed by atoms with Gasteiger partial charge in [0.1, 0.15) is 6.04 Å². The van der Waals surface area contributed by atoms with Gasteiger partial charge in [0.05, 0.1) is 0 Å². The van der Waals surface area contributed by atoms with Gasteiger partial charge in [-0.05, 0) is 24.0 Å². The number of guanidine groups is 1. The summed E-state index contributed by atoms with van der Waals surface area (Å²) in [6, 6.07) is 7.62. The van der Waals surface area contributed by atoms with Gasteiger partial charge in [0.15, 0.2) is 5.96 Å². The Hall–Kier alpha value is -1.49. The summed E-state index contributed by atoms with van der Waals surface area (Å²) in [5, 5.41) is 5.70. The first kappa shape index (κ1) is 11.0. The minimum Gasteiger partial charge on any atom is -0.340 e. The molecule has 1 aromatic rings. The number of hydrogen-bond acceptors (Lipinski definition) is 3. The monoisotopic (exact) mass is 235 g/mol. The van der Waals surface area contributed by atoms with E-state index in [0.717, 1.165) is 5.56 Å². The van der Waals surface area contributed by atoms with Crippen molar-refractivity contribution in [2.75, 3.05) is 13.3 Å². The van der Waals surface area contributed by atoms with Gasteiger partial charge < -0.3 is 5.32 Å². The lowest BCUT2D eigenvalue weighted by atomic mass is 10.1. The van der Waals surface area contributed by atoms with E-state index in [-0.39, 0.29) is 11.9 Å². The molecule has 1 aliphatic heterocycles. The van der Waals surface area contributed by atoms with Crippen LogP contribution in [0.5, 0.6) is 0 Å². The number of hydrogen-bond donors (Lipinski definition) is 2. The minimum absolute atomic E-state index is 0.0579. The Morgan fingerprint density at radius 1 is 1.31 bits per heavy atom. The third-order valence-electron chi connectivity index (χ3n) is 2.46. The maximum atomic E-state index is 11.6. The minimum atomic E-state index is -0.324. The van der Waals surface area contributed by atoms with Gasteiger partial charge in [0.25, 0.3) is 5.91 Å². The largest absolute Gasteiger partial charge is 0.340 e. The summed E-state index contributed by atoms with van der Waals surface area (Å²) >= 11 is 1.68. The number of carbonyl (C=O) groups is 1. The van der Waals surface area contributed by atoms with Crippen molar-refractivity contribution in [1.29, 1.82) is 0 Å². The van der Waals surface area contributed by atoms with Crippen molar-refractivity contribution >= 4 is 23.6 Å². The molecular formula is C11H13N3OS. The summed E-state index contributed by atoms with van der Waals surface area (Å²) in [5.41, 5.74) is 0.953. The first-order chi connectivity index (χ1) is 7.74. The van der Waals surface area contributed by atoms with Gasteiger partial charge in [-0.3, -0.25) is 15.1 Å². The lowest BCUT2D eigenvalue weighted by molar-refractivity contribution is -0.120. The van der Waals surface area contributed by atoms with Gasteiger partial charge in [-0.15, -0.1) is 11.8 Å². The second-order valence-corrected chi connectivity index (χ2v) is 4.29. The Kier molecular flexibility index (Phi) is 3.14. The van der Waals surface area contributed by atoms with Crippen LogP contribution in [0.25, 0.3) is 0 Å². The van der Waals surface area contributed by atoms with Crippen LogP contribution < -0.4 is 10.6 Å². The number of amides is 1. The normalized spacial score (nSPS) is 22.0. The molecule has 2 rings (SSSR count). The molecule has 1 saturated heterocycles. The van der Waals surface area contributed by atoms with Crippen LogP contribution in [-0.4, -0.2) is 25.2 Å². The molecule has 1 aromatic carbocycles. The molecular weight excluding hydrogens is 222 g/mol. The van der Waals surface area contributed by atoms with Gasteiger partial charge in [-0.2, -0.15) is 0 Å². The Morgan fingerprint density at radius 2 is 2.00 bits per heavy atom. The highest BCUT2D eigenvalue weighted by atomic mass is 32.2. The SMILES string of the molecule is CN=C1NC(=O)C(c2ccc(SC)cc2)N1. The van der Waals surface area contributed by atoms with Crippen LogP contribution in [0.2, 0.25) is 0 Å². The van der Waals surface area contributed by atoms with E-state index in [4.69, 9.17) is 0 Å². The lowest BCUT2D eigenvalue weighted by Crippen LogP contribution is -2.24. The Morgan fingerprint density at radius 3 is 2.50 bits per heavy atom. The van der Waals surface area contributed by atoms with E-state index in [1.54, 1.807) is 18.8 Å². The van der Waals surface area contributed by atoms with Gasteiger partial charge in [-0.25, -0.2) is 0 Å². The third-order valence-corrected chi connectivity index (χ3v) is 3.20. The van der Waals surface area contributed by atoms with Crippen molar-refractivity contribution in [1.82, 2.24) is 10.6 Å². The molecule has 0 saturated carbocycles. The smallest absolute Gasteiger partial charge is 0.253 e. The van der Waals surface area contributed by atoms with Crippen LogP contribution in [0.4, 0.5) is 0 Å². The van der Waals surface area contributed by atoms with E-state index in [9.17, 15) is 4.79 Å². The van der Waals surface area contributed by atoms with Gasteiger partial charge in [-0.1, -0.05) is 12.1 Å². The molecule has 1 amide bonds. The number of carbonyl (C=O) groups excluding carboxylic acids is 1. The Labute approximate surface area is 98.5 Å². The summed E-state index contributed by atoms with van der Waals surface area (Å²) in [4.78, 5) is 16.7. The van der Waals surface area contributed by atoms with Crippen molar-refractivity contribution in [3.05, 3.63) is 29.8 Å². The highest BCUT2D eigenvalue weighted by molar-refractivity contribution is 7.98. The number of thioether (sulfide) groups is 1. The van der Waals surface area contributed by atoms with E-state index in [1.165, 1.54) is 4.90 Å². The zero-order chi connectivity index (χ0) is 11.5. The van der Waals surface area contributed by atoms with Crippen LogP contribution in [0.3, 0.4) is 0 Å². The summed E-state index contributed by atoms with van der Waals surface area (Å²) in [5.74, 6) is 0.474. The van der Waals surface area contributed by atoms with Crippen LogP contribution in [0.15, 0.2) is 34.2 Å². The molecule has 0 aromatic heterocycles. The molecule has 0 bridgehead atoms. The second kappa shape index (κ2) is 4.57. The summed E-state index contributed by atoms with van der Waals surface area (Å²) in [6.07, 6.45) is 2.03. The average Bonchev–Trinajstić information content (AvgIpc) is 2.71. The molecule has 0 spiro atoms. The Balaban J connectivity index is 2.21. The molecule has 5 heteroatoms. The number of nitrogens with zero attached hydrogens (tertiary/aromatic N) is 1.